The number of hydrogen-bond acceptors (Lipinski definition) is 3. The maximum atomic E-state index is 12.6. The quantitative estimate of drug-likeness (QED) is 0.829. The predicted molar refractivity (Wildman–Crippen MR) is 107 cm³/mol. The number of hydrogen-bond donors (Lipinski definition) is 0. The van der Waals surface area contributed by atoms with Gasteiger partial charge >= 0.3 is 0 Å². The standard InChI is InChI=1S/C23H26N2O2/c1-17-2-6-21(7-3-17)23(26)25-13-10-19(11-14-25)16-18-4-8-20(9-5-18)22-24-12-15-27-22/h2-9,19H,10-16H2,1H3. The van der Waals surface area contributed by atoms with Gasteiger partial charge in [0.25, 0.3) is 5.91 Å². The minimum Gasteiger partial charge on any atom is -0.476 e. The van der Waals surface area contributed by atoms with Crippen LogP contribution in [0.3, 0.4) is 0 Å². The van der Waals surface area contributed by atoms with Crippen LogP contribution in [0.4, 0.5) is 0 Å². The molecular formula is C23H26N2O2. The first kappa shape index (κ1) is 17.8. The molecule has 2 aromatic rings. The lowest BCUT2D eigenvalue weighted by Gasteiger charge is -2.32. The van der Waals surface area contributed by atoms with Crippen molar-refractivity contribution in [1.82, 2.24) is 4.90 Å². The molecule has 0 bridgehead atoms. The van der Waals surface area contributed by atoms with Crippen LogP contribution >= 0.6 is 0 Å². The van der Waals surface area contributed by atoms with Crippen LogP contribution < -0.4 is 0 Å². The van der Waals surface area contributed by atoms with Gasteiger partial charge in [-0.2, -0.15) is 0 Å². The Morgan fingerprint density at radius 2 is 1.78 bits per heavy atom. The first-order valence-electron chi connectivity index (χ1n) is 9.81. The van der Waals surface area contributed by atoms with Gasteiger partial charge in [0.05, 0.1) is 6.54 Å². The fourth-order valence-corrected chi connectivity index (χ4v) is 3.85. The lowest BCUT2D eigenvalue weighted by Crippen LogP contribution is -2.38. The number of ether oxygens (including phenoxy) is 1. The van der Waals surface area contributed by atoms with E-state index in [9.17, 15) is 4.79 Å². The van der Waals surface area contributed by atoms with Crippen LogP contribution in [0.5, 0.6) is 0 Å². The highest BCUT2D eigenvalue weighted by Crippen LogP contribution is 2.23. The molecule has 1 amide bonds. The molecule has 0 aromatic heterocycles. The highest BCUT2D eigenvalue weighted by molar-refractivity contribution is 5.95. The topological polar surface area (TPSA) is 41.9 Å². The van der Waals surface area contributed by atoms with Gasteiger partial charge in [0.1, 0.15) is 6.61 Å². The van der Waals surface area contributed by atoms with E-state index < -0.39 is 0 Å². The molecule has 2 aliphatic heterocycles. The molecule has 2 heterocycles. The monoisotopic (exact) mass is 362 g/mol. The summed E-state index contributed by atoms with van der Waals surface area (Å²) in [6.45, 7) is 5.19. The molecule has 0 radical (unpaired) electrons. The number of carbonyl (C=O) groups is 1. The third-order valence-electron chi connectivity index (χ3n) is 5.51. The van der Waals surface area contributed by atoms with Gasteiger partial charge in [-0.3, -0.25) is 4.79 Å². The van der Waals surface area contributed by atoms with E-state index in [4.69, 9.17) is 4.74 Å². The van der Waals surface area contributed by atoms with E-state index in [-0.39, 0.29) is 5.91 Å². The Morgan fingerprint density at radius 3 is 2.41 bits per heavy atom. The summed E-state index contributed by atoms with van der Waals surface area (Å²) in [6, 6.07) is 16.5. The predicted octanol–water partition coefficient (Wildman–Crippen LogP) is 3.87. The number of carbonyl (C=O) groups excluding carboxylic acids is 1. The number of amides is 1. The van der Waals surface area contributed by atoms with Gasteiger partial charge in [-0.25, -0.2) is 4.99 Å². The third-order valence-corrected chi connectivity index (χ3v) is 5.51. The van der Waals surface area contributed by atoms with Gasteiger partial charge in [0.15, 0.2) is 0 Å². The second-order valence-corrected chi connectivity index (χ2v) is 7.54. The number of benzene rings is 2. The molecule has 27 heavy (non-hydrogen) atoms. The second-order valence-electron chi connectivity index (χ2n) is 7.54. The Morgan fingerprint density at radius 1 is 1.07 bits per heavy atom. The highest BCUT2D eigenvalue weighted by atomic mass is 16.5. The molecule has 1 fully saturated rings. The molecule has 4 rings (SSSR count). The summed E-state index contributed by atoms with van der Waals surface area (Å²) >= 11 is 0. The van der Waals surface area contributed by atoms with Gasteiger partial charge in [-0.1, -0.05) is 29.8 Å². The van der Waals surface area contributed by atoms with E-state index >= 15 is 0 Å². The van der Waals surface area contributed by atoms with Crippen molar-refractivity contribution in [1.29, 1.82) is 0 Å². The van der Waals surface area contributed by atoms with Crippen molar-refractivity contribution >= 4 is 11.8 Å². The van der Waals surface area contributed by atoms with Crippen molar-refractivity contribution in [3.63, 3.8) is 0 Å². The largest absolute Gasteiger partial charge is 0.476 e. The molecule has 2 aromatic carbocycles. The van der Waals surface area contributed by atoms with E-state index in [1.165, 1.54) is 11.1 Å². The number of aliphatic imine (C=N–C) groups is 1. The van der Waals surface area contributed by atoms with Gasteiger partial charge in [-0.15, -0.1) is 0 Å². The maximum Gasteiger partial charge on any atom is 0.253 e. The molecule has 0 N–H and O–H groups in total. The zero-order chi connectivity index (χ0) is 18.6. The summed E-state index contributed by atoms with van der Waals surface area (Å²) < 4.78 is 5.52. The molecule has 140 valence electrons. The Balaban J connectivity index is 1.30. The molecular weight excluding hydrogens is 336 g/mol. The smallest absolute Gasteiger partial charge is 0.253 e. The average Bonchev–Trinajstić information content (AvgIpc) is 3.24. The minimum absolute atomic E-state index is 0.162. The summed E-state index contributed by atoms with van der Waals surface area (Å²) in [5, 5.41) is 0. The molecule has 0 spiro atoms. The Kier molecular flexibility index (Phi) is 5.23. The van der Waals surface area contributed by atoms with Crippen molar-refractivity contribution in [2.24, 2.45) is 10.9 Å². The van der Waals surface area contributed by atoms with E-state index in [2.05, 4.69) is 29.3 Å². The number of nitrogens with zero attached hydrogens (tertiary/aromatic N) is 2. The van der Waals surface area contributed by atoms with Gasteiger partial charge < -0.3 is 9.64 Å². The zero-order valence-electron chi connectivity index (χ0n) is 15.9. The third kappa shape index (κ3) is 4.21. The van der Waals surface area contributed by atoms with Crippen LogP contribution in [0, 0.1) is 12.8 Å². The first-order chi connectivity index (χ1) is 13.2. The summed E-state index contributed by atoms with van der Waals surface area (Å²) in [5.41, 5.74) is 4.39. The SMILES string of the molecule is Cc1ccc(C(=O)N2CCC(Cc3ccc(C4=NCCO4)cc3)CC2)cc1. The summed E-state index contributed by atoms with van der Waals surface area (Å²) in [5.74, 6) is 1.57. The number of likely N-dealkylation sites (tertiary alicyclic amines) is 1. The van der Waals surface area contributed by atoms with Gasteiger partial charge in [-0.05, 0) is 61.9 Å². The molecule has 4 heteroatoms. The van der Waals surface area contributed by atoms with Gasteiger partial charge in [0.2, 0.25) is 5.90 Å². The van der Waals surface area contributed by atoms with Gasteiger partial charge in [0, 0.05) is 24.2 Å². The van der Waals surface area contributed by atoms with E-state index in [0.29, 0.717) is 12.5 Å². The second kappa shape index (κ2) is 7.95. The van der Waals surface area contributed by atoms with Crippen LogP contribution in [0.25, 0.3) is 0 Å². The van der Waals surface area contributed by atoms with E-state index in [1.54, 1.807) is 0 Å². The summed E-state index contributed by atoms with van der Waals surface area (Å²) in [7, 11) is 0. The number of rotatable bonds is 4. The molecule has 0 saturated carbocycles. The van der Waals surface area contributed by atoms with Crippen molar-refractivity contribution < 1.29 is 9.53 Å². The Bertz CT molecular complexity index is 816. The average molecular weight is 362 g/mol. The molecule has 0 aliphatic carbocycles. The van der Waals surface area contributed by atoms with Crippen molar-refractivity contribution in [3.8, 4) is 0 Å². The summed E-state index contributed by atoms with van der Waals surface area (Å²) in [4.78, 5) is 19.0. The molecule has 4 nitrogen and oxygen atoms in total. The lowest BCUT2D eigenvalue weighted by molar-refractivity contribution is 0.0690. The van der Waals surface area contributed by atoms with Crippen LogP contribution in [0.1, 0.15) is 39.9 Å². The highest BCUT2D eigenvalue weighted by Gasteiger charge is 2.23. The Hall–Kier alpha value is -2.62. The molecule has 0 unspecified atom stereocenters. The minimum atomic E-state index is 0.162. The van der Waals surface area contributed by atoms with Crippen LogP contribution in [0.15, 0.2) is 53.5 Å². The fourth-order valence-electron chi connectivity index (χ4n) is 3.85. The normalized spacial score (nSPS) is 17.5. The molecule has 0 atom stereocenters. The van der Waals surface area contributed by atoms with Crippen LogP contribution in [0.2, 0.25) is 0 Å². The van der Waals surface area contributed by atoms with Crippen molar-refractivity contribution in [2.45, 2.75) is 26.2 Å². The summed E-state index contributed by atoms with van der Waals surface area (Å²) in [6.07, 6.45) is 3.20. The molecule has 2 aliphatic rings. The van der Waals surface area contributed by atoms with Crippen molar-refractivity contribution in [2.75, 3.05) is 26.2 Å². The van der Waals surface area contributed by atoms with Crippen LogP contribution in [-0.4, -0.2) is 42.9 Å². The first-order valence-corrected chi connectivity index (χ1v) is 9.81. The van der Waals surface area contributed by atoms with Crippen molar-refractivity contribution in [3.05, 3.63) is 70.8 Å². The van der Waals surface area contributed by atoms with E-state index in [1.807, 2.05) is 36.1 Å². The number of aryl methyl sites for hydroxylation is 1. The maximum absolute atomic E-state index is 12.6. The lowest BCUT2D eigenvalue weighted by atomic mass is 9.89. The number of piperidine rings is 1. The molecule has 1 saturated heterocycles. The Labute approximate surface area is 160 Å². The zero-order valence-corrected chi connectivity index (χ0v) is 15.9. The van der Waals surface area contributed by atoms with Crippen LogP contribution in [-0.2, 0) is 11.2 Å². The fraction of sp³-hybridized carbons (Fsp3) is 0.391. The van der Waals surface area contributed by atoms with E-state index in [0.717, 1.165) is 55.9 Å².